The Bertz CT molecular complexity index is 428. The first kappa shape index (κ1) is 17.3. The predicted octanol–water partition coefficient (Wildman–Crippen LogP) is 3.96. The van der Waals surface area contributed by atoms with Crippen LogP contribution < -0.4 is 10.1 Å². The van der Waals surface area contributed by atoms with Gasteiger partial charge in [0.1, 0.15) is 5.75 Å². The summed E-state index contributed by atoms with van der Waals surface area (Å²) in [7, 11) is 0. The highest BCUT2D eigenvalue weighted by atomic mass is 79.9. The molecule has 0 aliphatic carbocycles. The summed E-state index contributed by atoms with van der Waals surface area (Å²) in [5, 5.41) is 3.20. The highest BCUT2D eigenvalue weighted by Crippen LogP contribution is 2.24. The van der Waals surface area contributed by atoms with Crippen LogP contribution in [0.3, 0.4) is 0 Å². The molecular weight excluding hydrogens is 332 g/mol. The maximum atomic E-state index is 12.3. The van der Waals surface area contributed by atoms with Crippen molar-refractivity contribution in [1.29, 1.82) is 0 Å². The number of ether oxygens (including phenoxy) is 2. The van der Waals surface area contributed by atoms with E-state index in [1.165, 1.54) is 6.07 Å². The molecule has 1 rings (SSSR count). The molecule has 20 heavy (non-hydrogen) atoms. The van der Waals surface area contributed by atoms with Crippen molar-refractivity contribution in [2.75, 3.05) is 13.2 Å². The van der Waals surface area contributed by atoms with Gasteiger partial charge < -0.3 is 14.8 Å². The van der Waals surface area contributed by atoms with E-state index in [1.54, 1.807) is 12.1 Å². The lowest BCUT2D eigenvalue weighted by Gasteiger charge is -2.25. The molecule has 1 N–H and O–H groups in total. The van der Waals surface area contributed by atoms with Gasteiger partial charge in [-0.15, -0.1) is 0 Å². The average Bonchev–Trinajstić information content (AvgIpc) is 2.31. The van der Waals surface area contributed by atoms with Crippen molar-refractivity contribution in [2.45, 2.75) is 39.5 Å². The van der Waals surface area contributed by atoms with Crippen molar-refractivity contribution < 1.29 is 18.3 Å². The highest BCUT2D eigenvalue weighted by molar-refractivity contribution is 9.10. The lowest BCUT2D eigenvalue weighted by molar-refractivity contribution is -0.0506. The fourth-order valence-electron chi connectivity index (χ4n) is 1.84. The lowest BCUT2D eigenvalue weighted by atomic mass is 10.1. The van der Waals surface area contributed by atoms with Crippen molar-refractivity contribution in [3.63, 3.8) is 0 Å². The minimum absolute atomic E-state index is 0.185. The van der Waals surface area contributed by atoms with E-state index in [-0.39, 0.29) is 11.4 Å². The molecule has 0 fully saturated rings. The summed E-state index contributed by atoms with van der Waals surface area (Å²) < 4.78 is 35.6. The van der Waals surface area contributed by atoms with E-state index in [0.717, 1.165) is 4.47 Å². The lowest BCUT2D eigenvalue weighted by Crippen LogP contribution is -2.37. The number of halogens is 3. The van der Waals surface area contributed by atoms with Crippen LogP contribution in [0.15, 0.2) is 22.7 Å². The molecule has 1 aromatic carbocycles. The molecule has 0 saturated heterocycles. The Balaban J connectivity index is 2.64. The fourth-order valence-corrected chi connectivity index (χ4v) is 2.25. The molecule has 0 aliphatic rings. The molecule has 0 amide bonds. The molecular formula is C14H20BrF2NO2. The van der Waals surface area contributed by atoms with E-state index in [9.17, 15) is 8.78 Å². The topological polar surface area (TPSA) is 30.5 Å². The Kier molecular flexibility index (Phi) is 6.85. The molecule has 3 nitrogen and oxygen atoms in total. The Morgan fingerprint density at radius 1 is 1.35 bits per heavy atom. The first-order valence-electron chi connectivity index (χ1n) is 6.42. The summed E-state index contributed by atoms with van der Waals surface area (Å²) >= 11 is 3.32. The van der Waals surface area contributed by atoms with Gasteiger partial charge in [0, 0.05) is 29.7 Å². The highest BCUT2D eigenvalue weighted by Gasteiger charge is 2.17. The van der Waals surface area contributed by atoms with E-state index in [4.69, 9.17) is 4.74 Å². The summed E-state index contributed by atoms with van der Waals surface area (Å²) in [6.45, 7) is 4.73. The molecule has 114 valence electrons. The van der Waals surface area contributed by atoms with Gasteiger partial charge in [0.2, 0.25) is 0 Å². The van der Waals surface area contributed by atoms with Gasteiger partial charge in [0.15, 0.2) is 0 Å². The van der Waals surface area contributed by atoms with Crippen LogP contribution >= 0.6 is 15.9 Å². The molecule has 0 unspecified atom stereocenters. The number of hydrogen-bond donors (Lipinski definition) is 1. The van der Waals surface area contributed by atoms with Gasteiger partial charge in [-0.2, -0.15) is 8.78 Å². The second kappa shape index (κ2) is 7.90. The van der Waals surface area contributed by atoms with Crippen molar-refractivity contribution in [3.05, 3.63) is 28.2 Å². The molecule has 0 atom stereocenters. The molecule has 0 saturated carbocycles. The molecule has 0 bridgehead atoms. The van der Waals surface area contributed by atoms with Gasteiger partial charge in [-0.1, -0.05) is 15.9 Å². The fraction of sp³-hybridized carbons (Fsp3) is 0.571. The maximum Gasteiger partial charge on any atom is 0.387 e. The molecule has 0 heterocycles. The third-order valence-corrected chi connectivity index (χ3v) is 3.13. The van der Waals surface area contributed by atoms with Crippen LogP contribution in [0, 0.1) is 0 Å². The second-order valence-electron chi connectivity index (χ2n) is 4.93. The van der Waals surface area contributed by atoms with Crippen LogP contribution in [0.2, 0.25) is 0 Å². The molecule has 0 radical (unpaired) electrons. The van der Waals surface area contributed by atoms with Crippen molar-refractivity contribution in [2.24, 2.45) is 0 Å². The van der Waals surface area contributed by atoms with Crippen LogP contribution in [-0.4, -0.2) is 25.4 Å². The maximum absolute atomic E-state index is 12.3. The number of rotatable bonds is 8. The van der Waals surface area contributed by atoms with Gasteiger partial charge in [-0.05, 0) is 39.0 Å². The standard InChI is InChI=1S/C14H20BrF2NO2/c1-4-19-14(2,3)9-18-8-10-7-11(15)5-6-12(10)20-13(16)17/h5-7,13,18H,4,8-9H2,1-3H3. The molecule has 0 spiro atoms. The van der Waals surface area contributed by atoms with E-state index in [1.807, 2.05) is 20.8 Å². The number of alkyl halides is 2. The van der Waals surface area contributed by atoms with Crippen LogP contribution in [-0.2, 0) is 11.3 Å². The molecule has 6 heteroatoms. The quantitative estimate of drug-likeness (QED) is 0.768. The van der Waals surface area contributed by atoms with Crippen LogP contribution in [0.25, 0.3) is 0 Å². The van der Waals surface area contributed by atoms with Crippen molar-refractivity contribution in [1.82, 2.24) is 5.32 Å². The third kappa shape index (κ3) is 6.15. The minimum Gasteiger partial charge on any atom is -0.434 e. The summed E-state index contributed by atoms with van der Waals surface area (Å²) in [6, 6.07) is 4.96. The summed E-state index contributed by atoms with van der Waals surface area (Å²) in [5.41, 5.74) is 0.372. The minimum atomic E-state index is -2.82. The van der Waals surface area contributed by atoms with Crippen LogP contribution in [0.4, 0.5) is 8.78 Å². The zero-order valence-corrected chi connectivity index (χ0v) is 13.5. The first-order chi connectivity index (χ1) is 9.34. The normalized spacial score (nSPS) is 11.9. The third-order valence-electron chi connectivity index (χ3n) is 2.64. The first-order valence-corrected chi connectivity index (χ1v) is 7.21. The Labute approximate surface area is 126 Å². The van der Waals surface area contributed by atoms with Crippen molar-refractivity contribution in [3.8, 4) is 5.75 Å². The summed E-state index contributed by atoms with van der Waals surface area (Å²) in [4.78, 5) is 0. The SMILES string of the molecule is CCOC(C)(C)CNCc1cc(Br)ccc1OC(F)F. The van der Waals surface area contributed by atoms with Gasteiger partial charge in [0.25, 0.3) is 0 Å². The van der Waals surface area contributed by atoms with Gasteiger partial charge >= 0.3 is 6.61 Å². The predicted molar refractivity (Wildman–Crippen MR) is 78.2 cm³/mol. The van der Waals surface area contributed by atoms with Gasteiger partial charge in [0.05, 0.1) is 5.60 Å². The smallest absolute Gasteiger partial charge is 0.387 e. The van der Waals surface area contributed by atoms with Gasteiger partial charge in [-0.25, -0.2) is 0 Å². The number of nitrogens with one attached hydrogen (secondary N) is 1. The molecule has 1 aromatic rings. The van der Waals surface area contributed by atoms with Gasteiger partial charge in [-0.3, -0.25) is 0 Å². The summed E-state index contributed by atoms with van der Waals surface area (Å²) in [5.74, 6) is 0.185. The second-order valence-corrected chi connectivity index (χ2v) is 5.84. The average molecular weight is 352 g/mol. The monoisotopic (exact) mass is 351 g/mol. The van der Waals surface area contributed by atoms with E-state index in [2.05, 4.69) is 26.0 Å². The Morgan fingerprint density at radius 3 is 2.65 bits per heavy atom. The zero-order valence-electron chi connectivity index (χ0n) is 11.9. The number of hydrogen-bond acceptors (Lipinski definition) is 3. The van der Waals surface area contributed by atoms with Crippen LogP contribution in [0.5, 0.6) is 5.75 Å². The number of benzene rings is 1. The molecule has 0 aliphatic heterocycles. The zero-order chi connectivity index (χ0) is 15.2. The van der Waals surface area contributed by atoms with Crippen molar-refractivity contribution >= 4 is 15.9 Å². The summed E-state index contributed by atoms with van der Waals surface area (Å²) in [6.07, 6.45) is 0. The molecule has 0 aromatic heterocycles. The largest absolute Gasteiger partial charge is 0.434 e. The Morgan fingerprint density at radius 2 is 2.05 bits per heavy atom. The van der Waals surface area contributed by atoms with E-state index < -0.39 is 6.61 Å². The Hall–Kier alpha value is -0.720. The van der Waals surface area contributed by atoms with Crippen LogP contribution in [0.1, 0.15) is 26.3 Å². The van der Waals surface area contributed by atoms with E-state index in [0.29, 0.717) is 25.3 Å². The van der Waals surface area contributed by atoms with E-state index >= 15 is 0 Å².